The second-order valence-corrected chi connectivity index (χ2v) is 4.63. The van der Waals surface area contributed by atoms with E-state index in [1.54, 1.807) is 6.20 Å². The van der Waals surface area contributed by atoms with Gasteiger partial charge in [0.1, 0.15) is 5.76 Å². The molecule has 0 saturated heterocycles. The minimum Gasteiger partial charge on any atom is -0.447 e. The van der Waals surface area contributed by atoms with Gasteiger partial charge in [0.25, 0.3) is 0 Å². The van der Waals surface area contributed by atoms with Crippen LogP contribution in [0.1, 0.15) is 44.8 Å². The van der Waals surface area contributed by atoms with Crippen LogP contribution in [0, 0.1) is 5.41 Å². The fourth-order valence-corrected chi connectivity index (χ4v) is 2.56. The highest BCUT2D eigenvalue weighted by Gasteiger charge is 2.31. The first kappa shape index (κ1) is 10.7. The number of nitrogens with one attached hydrogen (secondary N) is 1. The first-order valence-electron chi connectivity index (χ1n) is 5.93. The van der Waals surface area contributed by atoms with E-state index in [1.807, 2.05) is 0 Å². The quantitative estimate of drug-likeness (QED) is 0.808. The Morgan fingerprint density at radius 3 is 2.87 bits per heavy atom. The minimum absolute atomic E-state index is 0.556. The molecule has 0 aliphatic heterocycles. The van der Waals surface area contributed by atoms with Crippen molar-refractivity contribution in [2.45, 2.75) is 45.6 Å². The van der Waals surface area contributed by atoms with E-state index in [4.69, 9.17) is 4.42 Å². The molecular weight excluding hydrogens is 188 g/mol. The lowest BCUT2D eigenvalue weighted by molar-refractivity contribution is 0.264. The van der Waals surface area contributed by atoms with Crippen LogP contribution in [0.15, 0.2) is 17.0 Å². The van der Waals surface area contributed by atoms with Gasteiger partial charge in [0.2, 0.25) is 0 Å². The monoisotopic (exact) mass is 208 g/mol. The van der Waals surface area contributed by atoms with E-state index >= 15 is 0 Å². The topological polar surface area (TPSA) is 38.1 Å². The third kappa shape index (κ3) is 2.59. The Balaban J connectivity index is 1.77. The fraction of sp³-hybridized carbons (Fsp3) is 0.750. The van der Waals surface area contributed by atoms with E-state index in [9.17, 15) is 0 Å². The maximum atomic E-state index is 5.19. The molecule has 1 saturated carbocycles. The summed E-state index contributed by atoms with van der Waals surface area (Å²) in [5, 5.41) is 3.49. The summed E-state index contributed by atoms with van der Waals surface area (Å²) in [6, 6.07) is 0. The van der Waals surface area contributed by atoms with Crippen LogP contribution in [0.4, 0.5) is 0 Å². The van der Waals surface area contributed by atoms with Gasteiger partial charge in [-0.15, -0.1) is 0 Å². The summed E-state index contributed by atoms with van der Waals surface area (Å²) in [5.41, 5.74) is 0.556. The predicted molar refractivity (Wildman–Crippen MR) is 59.4 cm³/mol. The van der Waals surface area contributed by atoms with Crippen LogP contribution in [0.25, 0.3) is 0 Å². The Bertz CT molecular complexity index is 276. The highest BCUT2D eigenvalue weighted by Crippen LogP contribution is 2.40. The molecule has 15 heavy (non-hydrogen) atoms. The Kier molecular flexibility index (Phi) is 3.41. The zero-order valence-corrected chi connectivity index (χ0v) is 9.46. The maximum Gasteiger partial charge on any atom is 0.180 e. The Morgan fingerprint density at radius 2 is 2.27 bits per heavy atom. The Hall–Kier alpha value is -0.830. The molecule has 1 fully saturated rings. The molecular formula is C12H20N2O. The van der Waals surface area contributed by atoms with Gasteiger partial charge >= 0.3 is 0 Å². The molecule has 0 radical (unpaired) electrons. The zero-order chi connectivity index (χ0) is 10.6. The first-order valence-corrected chi connectivity index (χ1v) is 5.93. The van der Waals surface area contributed by atoms with Crippen LogP contribution in [0.3, 0.4) is 0 Å². The van der Waals surface area contributed by atoms with Gasteiger partial charge in [0.15, 0.2) is 6.39 Å². The van der Waals surface area contributed by atoms with Crippen LogP contribution in [-0.2, 0) is 6.54 Å². The highest BCUT2D eigenvalue weighted by molar-refractivity contribution is 4.90. The maximum absolute atomic E-state index is 5.19. The van der Waals surface area contributed by atoms with Crippen molar-refractivity contribution in [2.75, 3.05) is 6.54 Å². The van der Waals surface area contributed by atoms with Crippen molar-refractivity contribution in [1.29, 1.82) is 0 Å². The lowest BCUT2D eigenvalue weighted by Gasteiger charge is -2.27. The van der Waals surface area contributed by atoms with Gasteiger partial charge in [-0.2, -0.15) is 0 Å². The van der Waals surface area contributed by atoms with Gasteiger partial charge < -0.3 is 9.73 Å². The number of oxazole rings is 1. The van der Waals surface area contributed by atoms with E-state index in [0.717, 1.165) is 18.8 Å². The third-order valence-corrected chi connectivity index (χ3v) is 3.70. The first-order chi connectivity index (χ1) is 7.35. The van der Waals surface area contributed by atoms with Crippen LogP contribution in [0.2, 0.25) is 0 Å². The van der Waals surface area contributed by atoms with Crippen LogP contribution in [-0.4, -0.2) is 11.5 Å². The molecule has 3 nitrogen and oxygen atoms in total. The molecule has 0 atom stereocenters. The van der Waals surface area contributed by atoms with Crippen LogP contribution >= 0.6 is 0 Å². The van der Waals surface area contributed by atoms with Crippen molar-refractivity contribution in [3.05, 3.63) is 18.4 Å². The van der Waals surface area contributed by atoms with Gasteiger partial charge in [-0.3, -0.25) is 0 Å². The number of aromatic nitrogens is 1. The molecule has 2 rings (SSSR count). The normalized spacial score (nSPS) is 19.5. The molecule has 1 heterocycles. The third-order valence-electron chi connectivity index (χ3n) is 3.70. The SMILES string of the molecule is CCC1(CNCc2cnco2)CCCC1. The average Bonchev–Trinajstić information content (AvgIpc) is 2.89. The molecule has 1 aromatic rings. The van der Waals surface area contributed by atoms with Gasteiger partial charge in [-0.1, -0.05) is 19.8 Å². The van der Waals surface area contributed by atoms with E-state index in [2.05, 4.69) is 17.2 Å². The van der Waals surface area contributed by atoms with E-state index in [-0.39, 0.29) is 0 Å². The molecule has 1 N–H and O–H groups in total. The molecule has 0 unspecified atom stereocenters. The van der Waals surface area contributed by atoms with E-state index in [0.29, 0.717) is 5.41 Å². The average molecular weight is 208 g/mol. The summed E-state index contributed by atoms with van der Waals surface area (Å²) in [6.07, 6.45) is 10.1. The number of hydrogen-bond acceptors (Lipinski definition) is 3. The largest absolute Gasteiger partial charge is 0.447 e. The summed E-state index contributed by atoms with van der Waals surface area (Å²) < 4.78 is 5.19. The van der Waals surface area contributed by atoms with Crippen molar-refractivity contribution in [3.8, 4) is 0 Å². The van der Waals surface area contributed by atoms with Crippen molar-refractivity contribution >= 4 is 0 Å². The number of nitrogens with zero attached hydrogens (tertiary/aromatic N) is 1. The minimum atomic E-state index is 0.556. The van der Waals surface area contributed by atoms with Crippen molar-refractivity contribution < 1.29 is 4.42 Å². The van der Waals surface area contributed by atoms with E-state index in [1.165, 1.54) is 38.5 Å². The number of hydrogen-bond donors (Lipinski definition) is 1. The second kappa shape index (κ2) is 4.79. The van der Waals surface area contributed by atoms with Gasteiger partial charge in [0.05, 0.1) is 12.7 Å². The van der Waals surface area contributed by atoms with Gasteiger partial charge in [-0.25, -0.2) is 4.98 Å². The highest BCUT2D eigenvalue weighted by atomic mass is 16.3. The predicted octanol–water partition coefficient (Wildman–Crippen LogP) is 2.73. The van der Waals surface area contributed by atoms with Crippen LogP contribution < -0.4 is 5.32 Å². The Labute approximate surface area is 91.3 Å². The summed E-state index contributed by atoms with van der Waals surface area (Å²) in [5.74, 6) is 0.930. The van der Waals surface area contributed by atoms with Crippen LogP contribution in [0.5, 0.6) is 0 Å². The summed E-state index contributed by atoms with van der Waals surface area (Å²) in [7, 11) is 0. The Morgan fingerprint density at radius 1 is 1.47 bits per heavy atom. The summed E-state index contributed by atoms with van der Waals surface area (Å²) in [4.78, 5) is 3.90. The lowest BCUT2D eigenvalue weighted by atomic mass is 9.83. The van der Waals surface area contributed by atoms with Crippen molar-refractivity contribution in [2.24, 2.45) is 5.41 Å². The van der Waals surface area contributed by atoms with Gasteiger partial charge in [0, 0.05) is 6.54 Å². The fourth-order valence-electron chi connectivity index (χ4n) is 2.56. The molecule has 1 aromatic heterocycles. The summed E-state index contributed by atoms with van der Waals surface area (Å²) in [6.45, 7) is 4.23. The molecule has 0 aromatic carbocycles. The van der Waals surface area contributed by atoms with Crippen molar-refractivity contribution in [1.82, 2.24) is 10.3 Å². The standard InChI is InChI=1S/C12H20N2O/c1-2-12(5-3-4-6-12)9-13-7-11-8-14-10-15-11/h8,10,13H,2-7,9H2,1H3. The lowest BCUT2D eigenvalue weighted by Crippen LogP contribution is -2.31. The molecule has 0 bridgehead atoms. The second-order valence-electron chi connectivity index (χ2n) is 4.63. The summed E-state index contributed by atoms with van der Waals surface area (Å²) >= 11 is 0. The number of rotatable bonds is 5. The molecule has 1 aliphatic carbocycles. The smallest absolute Gasteiger partial charge is 0.180 e. The molecule has 0 spiro atoms. The van der Waals surface area contributed by atoms with E-state index < -0.39 is 0 Å². The van der Waals surface area contributed by atoms with Crippen molar-refractivity contribution in [3.63, 3.8) is 0 Å². The zero-order valence-electron chi connectivity index (χ0n) is 9.46. The van der Waals surface area contributed by atoms with Gasteiger partial charge in [-0.05, 0) is 24.7 Å². The molecule has 84 valence electrons. The molecule has 0 amide bonds. The molecule has 3 heteroatoms. The molecule has 1 aliphatic rings.